The summed E-state index contributed by atoms with van der Waals surface area (Å²) in [5.41, 5.74) is 0. The van der Waals surface area contributed by atoms with E-state index in [-0.39, 0.29) is 6.10 Å². The molecule has 0 aromatic rings. The monoisotopic (exact) mass is 159 g/mol. The summed E-state index contributed by atoms with van der Waals surface area (Å²) in [5, 5.41) is 3.22. The van der Waals surface area contributed by atoms with Gasteiger partial charge in [-0.1, -0.05) is 0 Å². The number of carbonyl (C=O) groups is 1. The normalized spacial score (nSPS) is 15.5. The van der Waals surface area contributed by atoms with Crippen LogP contribution in [0, 0.1) is 0 Å². The summed E-state index contributed by atoms with van der Waals surface area (Å²) in [7, 11) is 0. The summed E-state index contributed by atoms with van der Waals surface area (Å²) in [6.07, 6.45) is 2.81. The molecule has 1 aliphatic rings. The lowest BCUT2D eigenvalue weighted by atomic mass is 10.4. The molecule has 3 nitrogen and oxygen atoms in total. The molecule has 0 radical (unpaired) electrons. The Morgan fingerprint density at radius 3 is 2.00 bits per heavy atom. The first-order chi connectivity index (χ1) is 5.27. The Bertz CT molecular complexity index is 82.5. The number of rotatable bonds is 2. The van der Waals surface area contributed by atoms with E-state index in [1.807, 2.05) is 0 Å². The van der Waals surface area contributed by atoms with Crippen molar-refractivity contribution < 1.29 is 9.53 Å². The maximum Gasteiger partial charge on any atom is 0.293 e. The molecule has 0 aromatic carbocycles. The van der Waals surface area contributed by atoms with E-state index in [4.69, 9.17) is 0 Å². The zero-order valence-corrected chi connectivity index (χ0v) is 7.30. The van der Waals surface area contributed by atoms with Gasteiger partial charge in [0.2, 0.25) is 0 Å². The minimum Gasteiger partial charge on any atom is -0.465 e. The van der Waals surface area contributed by atoms with Crippen LogP contribution in [0.5, 0.6) is 0 Å². The van der Waals surface area contributed by atoms with E-state index in [0.717, 1.165) is 0 Å². The van der Waals surface area contributed by atoms with Crippen molar-refractivity contribution in [3.8, 4) is 0 Å². The molecule has 0 bridgehead atoms. The largest absolute Gasteiger partial charge is 0.465 e. The van der Waals surface area contributed by atoms with Gasteiger partial charge in [-0.2, -0.15) is 0 Å². The summed E-state index contributed by atoms with van der Waals surface area (Å²) in [4.78, 5) is 9.39. The minimum absolute atomic E-state index is 0.0301. The predicted molar refractivity (Wildman–Crippen MR) is 44.4 cm³/mol. The van der Waals surface area contributed by atoms with Crippen LogP contribution >= 0.6 is 0 Å². The third kappa shape index (κ3) is 9.43. The smallest absolute Gasteiger partial charge is 0.293 e. The fourth-order valence-corrected chi connectivity index (χ4v) is 0.736. The molecular weight excluding hydrogens is 142 g/mol. The molecule has 0 atom stereocenters. The highest BCUT2D eigenvalue weighted by atomic mass is 16.5. The van der Waals surface area contributed by atoms with Crippen molar-refractivity contribution in [3.05, 3.63) is 0 Å². The van der Waals surface area contributed by atoms with Crippen molar-refractivity contribution in [1.82, 2.24) is 5.32 Å². The molecule has 1 saturated heterocycles. The second kappa shape index (κ2) is 7.54. The molecule has 0 saturated carbocycles. The van der Waals surface area contributed by atoms with Gasteiger partial charge in [0.1, 0.15) is 0 Å². The second-order valence-corrected chi connectivity index (χ2v) is 2.74. The Hall–Kier alpha value is -0.570. The van der Waals surface area contributed by atoms with Crippen LogP contribution in [-0.2, 0) is 9.53 Å². The number of hydrogen-bond acceptors (Lipinski definition) is 3. The Morgan fingerprint density at radius 1 is 1.36 bits per heavy atom. The molecule has 66 valence electrons. The highest BCUT2D eigenvalue weighted by Crippen LogP contribution is 1.90. The van der Waals surface area contributed by atoms with Crippen LogP contribution in [0.4, 0.5) is 0 Å². The van der Waals surface area contributed by atoms with Crippen LogP contribution in [0.3, 0.4) is 0 Å². The van der Waals surface area contributed by atoms with Crippen molar-refractivity contribution in [2.45, 2.75) is 32.8 Å². The lowest BCUT2D eigenvalue weighted by Crippen LogP contribution is -2.03. The molecule has 0 aromatic heterocycles. The summed E-state index contributed by atoms with van der Waals surface area (Å²) in [6, 6.07) is 0. The van der Waals surface area contributed by atoms with Gasteiger partial charge in [0.25, 0.3) is 6.47 Å². The van der Waals surface area contributed by atoms with Crippen LogP contribution in [0.2, 0.25) is 0 Å². The third-order valence-corrected chi connectivity index (χ3v) is 1.28. The fraction of sp³-hybridized carbons (Fsp3) is 0.875. The lowest BCUT2D eigenvalue weighted by Gasteiger charge is -1.96. The molecule has 1 fully saturated rings. The number of carbonyl (C=O) groups excluding carboxylic acids is 1. The Balaban J connectivity index is 0.000000183. The summed E-state index contributed by atoms with van der Waals surface area (Å²) < 4.78 is 4.36. The maximum atomic E-state index is 9.39. The van der Waals surface area contributed by atoms with Gasteiger partial charge in [0.05, 0.1) is 6.10 Å². The highest BCUT2D eigenvalue weighted by molar-refractivity contribution is 5.37. The van der Waals surface area contributed by atoms with Gasteiger partial charge < -0.3 is 10.1 Å². The van der Waals surface area contributed by atoms with Crippen molar-refractivity contribution in [2.75, 3.05) is 13.1 Å². The summed E-state index contributed by atoms with van der Waals surface area (Å²) in [5.74, 6) is 0. The van der Waals surface area contributed by atoms with Crippen molar-refractivity contribution >= 4 is 6.47 Å². The summed E-state index contributed by atoms with van der Waals surface area (Å²) >= 11 is 0. The van der Waals surface area contributed by atoms with Crippen molar-refractivity contribution in [3.63, 3.8) is 0 Å². The predicted octanol–water partition coefficient (Wildman–Crippen LogP) is 0.938. The van der Waals surface area contributed by atoms with E-state index in [0.29, 0.717) is 6.47 Å². The molecule has 1 aliphatic heterocycles. The molecule has 0 spiro atoms. The average molecular weight is 159 g/mol. The SMILES string of the molecule is C1CCNC1.CC(C)OC=O. The summed E-state index contributed by atoms with van der Waals surface area (Å²) in [6.45, 7) is 6.55. The van der Waals surface area contributed by atoms with Crippen LogP contribution in [-0.4, -0.2) is 25.7 Å². The molecule has 1 N–H and O–H groups in total. The van der Waals surface area contributed by atoms with E-state index in [1.165, 1.54) is 25.9 Å². The van der Waals surface area contributed by atoms with E-state index >= 15 is 0 Å². The van der Waals surface area contributed by atoms with Crippen molar-refractivity contribution in [2.24, 2.45) is 0 Å². The number of ether oxygens (including phenoxy) is 1. The first-order valence-electron chi connectivity index (χ1n) is 4.07. The molecule has 1 heterocycles. The van der Waals surface area contributed by atoms with Gasteiger partial charge in [-0.05, 0) is 39.8 Å². The Morgan fingerprint density at radius 2 is 1.91 bits per heavy atom. The molecule has 0 aliphatic carbocycles. The number of hydrogen-bond donors (Lipinski definition) is 1. The Kier molecular flexibility index (Phi) is 7.15. The highest BCUT2D eigenvalue weighted by Gasteiger charge is 1.93. The van der Waals surface area contributed by atoms with Crippen molar-refractivity contribution in [1.29, 1.82) is 0 Å². The van der Waals surface area contributed by atoms with E-state index in [1.54, 1.807) is 13.8 Å². The quantitative estimate of drug-likeness (QED) is 0.609. The fourth-order valence-electron chi connectivity index (χ4n) is 0.736. The van der Waals surface area contributed by atoms with Crippen LogP contribution in [0.25, 0.3) is 0 Å². The average Bonchev–Trinajstić information content (AvgIpc) is 2.41. The number of nitrogens with one attached hydrogen (secondary N) is 1. The van der Waals surface area contributed by atoms with E-state index in [9.17, 15) is 4.79 Å². The second-order valence-electron chi connectivity index (χ2n) is 2.74. The molecule has 1 rings (SSSR count). The topological polar surface area (TPSA) is 38.3 Å². The molecular formula is C8H17NO2. The van der Waals surface area contributed by atoms with Gasteiger partial charge in [-0.15, -0.1) is 0 Å². The lowest BCUT2D eigenvalue weighted by molar-refractivity contribution is -0.131. The van der Waals surface area contributed by atoms with E-state index in [2.05, 4.69) is 10.1 Å². The molecule has 0 amide bonds. The van der Waals surface area contributed by atoms with Gasteiger partial charge in [0, 0.05) is 0 Å². The zero-order chi connectivity index (χ0) is 8.53. The van der Waals surface area contributed by atoms with Gasteiger partial charge in [0.15, 0.2) is 0 Å². The minimum atomic E-state index is 0.0301. The first kappa shape index (κ1) is 10.4. The maximum absolute atomic E-state index is 9.39. The van der Waals surface area contributed by atoms with Gasteiger partial charge in [-0.3, -0.25) is 4.79 Å². The standard InChI is InChI=1S/C4H9N.C4H8O2/c1-2-4-5-3-1;1-4(2)6-3-5/h5H,1-4H2;3-4H,1-2H3. The Labute approximate surface area is 68.1 Å². The van der Waals surface area contributed by atoms with Gasteiger partial charge >= 0.3 is 0 Å². The van der Waals surface area contributed by atoms with Crippen LogP contribution in [0.1, 0.15) is 26.7 Å². The van der Waals surface area contributed by atoms with Gasteiger partial charge in [-0.25, -0.2) is 0 Å². The molecule has 3 heteroatoms. The zero-order valence-electron chi connectivity index (χ0n) is 7.30. The third-order valence-electron chi connectivity index (χ3n) is 1.28. The van der Waals surface area contributed by atoms with Crippen LogP contribution in [0.15, 0.2) is 0 Å². The first-order valence-corrected chi connectivity index (χ1v) is 4.07. The van der Waals surface area contributed by atoms with E-state index < -0.39 is 0 Å². The molecule has 0 unspecified atom stereocenters. The van der Waals surface area contributed by atoms with Crippen LogP contribution < -0.4 is 5.32 Å². The molecule has 11 heavy (non-hydrogen) atoms.